The Kier molecular flexibility index (Phi) is 4.33. The molecule has 0 aliphatic carbocycles. The number of benzene rings is 1. The van der Waals surface area contributed by atoms with Crippen LogP contribution < -0.4 is 5.32 Å². The first-order chi connectivity index (χ1) is 9.16. The summed E-state index contributed by atoms with van der Waals surface area (Å²) in [5.41, 5.74) is 1.82. The minimum Gasteiger partial charge on any atom is -0.297 e. The average Bonchev–Trinajstić information content (AvgIpc) is 2.46. The fourth-order valence-electron chi connectivity index (χ4n) is 1.62. The zero-order chi connectivity index (χ0) is 13.6. The van der Waals surface area contributed by atoms with Crippen LogP contribution in [0.15, 0.2) is 54.7 Å². The van der Waals surface area contributed by atoms with Crippen molar-refractivity contribution in [2.45, 2.75) is 25.9 Å². The molecule has 2 heteroatoms. The van der Waals surface area contributed by atoms with E-state index in [0.717, 1.165) is 12.2 Å². The Hall–Kier alpha value is -2.11. The number of hydrogen-bond donors (Lipinski definition) is 1. The first-order valence-corrected chi connectivity index (χ1v) is 6.39. The van der Waals surface area contributed by atoms with Crippen molar-refractivity contribution in [1.29, 1.82) is 0 Å². The summed E-state index contributed by atoms with van der Waals surface area (Å²) >= 11 is 0. The number of hydrogen-bond acceptors (Lipinski definition) is 2. The van der Waals surface area contributed by atoms with Gasteiger partial charge in [0.25, 0.3) is 0 Å². The quantitative estimate of drug-likeness (QED) is 0.847. The molecule has 2 rings (SSSR count). The molecule has 1 aromatic heterocycles. The molecule has 0 radical (unpaired) electrons. The predicted octanol–water partition coefficient (Wildman–Crippen LogP) is 3.00. The molecule has 0 fully saturated rings. The molecule has 2 nitrogen and oxygen atoms in total. The Morgan fingerprint density at radius 3 is 2.47 bits per heavy atom. The fourth-order valence-corrected chi connectivity index (χ4v) is 1.62. The molecule has 2 aromatic rings. The monoisotopic (exact) mass is 250 g/mol. The summed E-state index contributed by atoms with van der Waals surface area (Å²) in [6.07, 6.45) is 1.76. The smallest absolute Gasteiger partial charge is 0.113 e. The highest BCUT2D eigenvalue weighted by atomic mass is 14.9. The maximum absolute atomic E-state index is 4.20. The highest BCUT2D eigenvalue weighted by Crippen LogP contribution is 2.04. The van der Waals surface area contributed by atoms with E-state index >= 15 is 0 Å². The topological polar surface area (TPSA) is 24.9 Å². The number of nitrogens with one attached hydrogen (secondary N) is 1. The van der Waals surface area contributed by atoms with Crippen molar-refractivity contribution in [3.05, 3.63) is 66.0 Å². The molecule has 19 heavy (non-hydrogen) atoms. The number of nitrogens with zero attached hydrogens (tertiary/aromatic N) is 1. The molecule has 0 spiro atoms. The number of rotatable bonds is 3. The number of aromatic nitrogens is 1. The molecule has 0 aliphatic rings. The van der Waals surface area contributed by atoms with Gasteiger partial charge in [-0.1, -0.05) is 42.3 Å². The molecule has 0 bridgehead atoms. The molecule has 0 saturated heterocycles. The average molecular weight is 250 g/mol. The zero-order valence-electron chi connectivity index (χ0n) is 11.4. The van der Waals surface area contributed by atoms with E-state index in [0.29, 0.717) is 0 Å². The van der Waals surface area contributed by atoms with Crippen LogP contribution in [0, 0.1) is 11.8 Å². The van der Waals surface area contributed by atoms with E-state index in [-0.39, 0.29) is 5.54 Å². The Morgan fingerprint density at radius 1 is 1.05 bits per heavy atom. The van der Waals surface area contributed by atoms with Gasteiger partial charge in [0.15, 0.2) is 0 Å². The molecule has 0 aliphatic heterocycles. The van der Waals surface area contributed by atoms with E-state index < -0.39 is 0 Å². The summed E-state index contributed by atoms with van der Waals surface area (Å²) in [7, 11) is 0. The van der Waals surface area contributed by atoms with E-state index in [1.165, 1.54) is 5.56 Å². The maximum Gasteiger partial charge on any atom is 0.113 e. The Labute approximate surface area is 114 Å². The molecule has 1 aromatic carbocycles. The third kappa shape index (κ3) is 4.57. The summed E-state index contributed by atoms with van der Waals surface area (Å²) in [4.78, 5) is 4.20. The van der Waals surface area contributed by atoms with Crippen molar-refractivity contribution in [1.82, 2.24) is 10.3 Å². The van der Waals surface area contributed by atoms with Gasteiger partial charge in [-0.2, -0.15) is 0 Å². The summed E-state index contributed by atoms with van der Waals surface area (Å²) in [5.74, 6) is 6.32. The molecule has 96 valence electrons. The summed E-state index contributed by atoms with van der Waals surface area (Å²) in [6, 6.07) is 16.1. The van der Waals surface area contributed by atoms with Crippen LogP contribution in [0.4, 0.5) is 0 Å². The Morgan fingerprint density at radius 2 is 1.79 bits per heavy atom. The van der Waals surface area contributed by atoms with Crippen molar-refractivity contribution in [2.75, 3.05) is 0 Å². The van der Waals surface area contributed by atoms with Crippen molar-refractivity contribution >= 4 is 0 Å². The van der Waals surface area contributed by atoms with Crippen LogP contribution in [0.3, 0.4) is 0 Å². The Bertz CT molecular complexity index is 562. The van der Waals surface area contributed by atoms with Crippen LogP contribution >= 0.6 is 0 Å². The van der Waals surface area contributed by atoms with E-state index in [1.54, 1.807) is 6.20 Å². The molecule has 1 heterocycles. The molecule has 1 N–H and O–H groups in total. The molecule has 0 amide bonds. The summed E-state index contributed by atoms with van der Waals surface area (Å²) in [6.45, 7) is 4.96. The maximum atomic E-state index is 4.20. The lowest BCUT2D eigenvalue weighted by atomic mass is 10.1. The third-order valence-electron chi connectivity index (χ3n) is 2.75. The molecular formula is C17H18N2. The van der Waals surface area contributed by atoms with Gasteiger partial charge in [0.05, 0.1) is 5.54 Å². The highest BCUT2D eigenvalue weighted by Gasteiger charge is 2.12. The highest BCUT2D eigenvalue weighted by molar-refractivity contribution is 5.30. The SMILES string of the molecule is CC(C)(C#Cc1ccccn1)NCc1ccccc1. The summed E-state index contributed by atoms with van der Waals surface area (Å²) < 4.78 is 0. The van der Waals surface area contributed by atoms with Crippen LogP contribution in [0.25, 0.3) is 0 Å². The van der Waals surface area contributed by atoms with E-state index in [4.69, 9.17) is 0 Å². The lowest BCUT2D eigenvalue weighted by molar-refractivity contribution is 0.490. The van der Waals surface area contributed by atoms with E-state index in [1.807, 2.05) is 36.4 Å². The summed E-state index contributed by atoms with van der Waals surface area (Å²) in [5, 5.41) is 3.44. The van der Waals surface area contributed by atoms with Gasteiger partial charge in [-0.25, -0.2) is 4.98 Å². The van der Waals surface area contributed by atoms with Crippen molar-refractivity contribution < 1.29 is 0 Å². The number of pyridine rings is 1. The van der Waals surface area contributed by atoms with Crippen LogP contribution in [0.1, 0.15) is 25.1 Å². The second-order valence-electron chi connectivity index (χ2n) is 4.93. The van der Waals surface area contributed by atoms with Crippen LogP contribution in [0.5, 0.6) is 0 Å². The van der Waals surface area contributed by atoms with Gasteiger partial charge in [-0.15, -0.1) is 0 Å². The standard InChI is InChI=1S/C17H18N2/c1-17(2,12-11-16-10-6-7-13-18-16)19-14-15-8-4-3-5-9-15/h3-10,13,19H,14H2,1-2H3. The first kappa shape index (κ1) is 13.3. The fraction of sp³-hybridized carbons (Fsp3) is 0.235. The van der Waals surface area contributed by atoms with Gasteiger partial charge in [0.1, 0.15) is 5.69 Å². The van der Waals surface area contributed by atoms with Crippen LogP contribution in [-0.2, 0) is 6.54 Å². The van der Waals surface area contributed by atoms with Crippen molar-refractivity contribution in [2.24, 2.45) is 0 Å². The zero-order valence-corrected chi connectivity index (χ0v) is 11.4. The van der Waals surface area contributed by atoms with Crippen LogP contribution in [0.2, 0.25) is 0 Å². The van der Waals surface area contributed by atoms with Crippen molar-refractivity contribution in [3.63, 3.8) is 0 Å². The van der Waals surface area contributed by atoms with Gasteiger partial charge in [0, 0.05) is 12.7 Å². The molecular weight excluding hydrogens is 232 g/mol. The minimum atomic E-state index is -0.243. The van der Waals surface area contributed by atoms with Gasteiger partial charge >= 0.3 is 0 Å². The predicted molar refractivity (Wildman–Crippen MR) is 78.5 cm³/mol. The minimum absolute atomic E-state index is 0.243. The third-order valence-corrected chi connectivity index (χ3v) is 2.75. The first-order valence-electron chi connectivity index (χ1n) is 6.39. The second kappa shape index (κ2) is 6.17. The van der Waals surface area contributed by atoms with Gasteiger partial charge in [0.2, 0.25) is 0 Å². The van der Waals surface area contributed by atoms with Gasteiger partial charge in [-0.05, 0) is 37.5 Å². The van der Waals surface area contributed by atoms with Gasteiger partial charge in [-0.3, -0.25) is 5.32 Å². The normalized spacial score (nSPS) is 10.6. The van der Waals surface area contributed by atoms with Gasteiger partial charge < -0.3 is 0 Å². The van der Waals surface area contributed by atoms with Crippen molar-refractivity contribution in [3.8, 4) is 11.8 Å². The molecule has 0 saturated carbocycles. The van der Waals surface area contributed by atoms with E-state index in [9.17, 15) is 0 Å². The van der Waals surface area contributed by atoms with E-state index in [2.05, 4.69) is 48.1 Å². The van der Waals surface area contributed by atoms with Crippen LogP contribution in [-0.4, -0.2) is 10.5 Å². The largest absolute Gasteiger partial charge is 0.297 e. The Balaban J connectivity index is 1.98. The molecule has 0 atom stereocenters. The lowest BCUT2D eigenvalue weighted by Gasteiger charge is -2.19. The second-order valence-corrected chi connectivity index (χ2v) is 4.93. The lowest BCUT2D eigenvalue weighted by Crippen LogP contribution is -2.37. The molecule has 0 unspecified atom stereocenters.